The van der Waals surface area contributed by atoms with Gasteiger partial charge in [-0.3, -0.25) is 4.79 Å². The van der Waals surface area contributed by atoms with Gasteiger partial charge in [-0.2, -0.15) is 0 Å². The Morgan fingerprint density at radius 2 is 1.50 bits per heavy atom. The molecule has 0 radical (unpaired) electrons. The second-order valence-corrected chi connectivity index (χ2v) is 10.5. The zero-order chi connectivity index (χ0) is 22.9. The Morgan fingerprint density at radius 3 is 2.07 bits per heavy atom. The van der Waals surface area contributed by atoms with Crippen molar-refractivity contribution in [3.05, 3.63) is 0 Å². The van der Waals surface area contributed by atoms with Gasteiger partial charge < -0.3 is 34.5 Å². The van der Waals surface area contributed by atoms with Crippen LogP contribution in [0.15, 0.2) is 0 Å². The zero-order valence-corrected chi connectivity index (χ0v) is 19.7. The van der Waals surface area contributed by atoms with Crippen LogP contribution >= 0.6 is 0 Å². The molecule has 0 aliphatic carbocycles. The number of hydrogen-bond donors (Lipinski definition) is 3. The lowest BCUT2D eigenvalue weighted by molar-refractivity contribution is -0.127. The molecule has 0 bridgehead atoms. The van der Waals surface area contributed by atoms with Gasteiger partial charge in [0.15, 0.2) is 0 Å². The van der Waals surface area contributed by atoms with Crippen molar-refractivity contribution >= 4 is 5.91 Å². The van der Waals surface area contributed by atoms with Crippen molar-refractivity contribution in [1.82, 2.24) is 5.32 Å². The molecule has 8 heteroatoms. The van der Waals surface area contributed by atoms with Crippen LogP contribution in [-0.2, 0) is 23.7 Å². The molecule has 2 heterocycles. The van der Waals surface area contributed by atoms with Crippen LogP contribution < -0.4 is 5.32 Å². The minimum Gasteiger partial charge on any atom is -0.390 e. The summed E-state index contributed by atoms with van der Waals surface area (Å²) in [6.45, 7) is 15.8. The highest BCUT2D eigenvalue weighted by atomic mass is 16.6. The third-order valence-electron chi connectivity index (χ3n) is 5.45. The highest BCUT2D eigenvalue weighted by Gasteiger charge is 2.45. The van der Waals surface area contributed by atoms with E-state index in [9.17, 15) is 15.0 Å². The van der Waals surface area contributed by atoms with E-state index in [1.165, 1.54) is 0 Å². The molecular weight excluding hydrogens is 390 g/mol. The molecule has 1 amide bonds. The van der Waals surface area contributed by atoms with Crippen molar-refractivity contribution in [2.45, 2.75) is 116 Å². The third kappa shape index (κ3) is 7.14. The second-order valence-electron chi connectivity index (χ2n) is 10.5. The Bertz CT molecular complexity index is 571. The number of hydrogen-bond acceptors (Lipinski definition) is 7. The number of rotatable bonds is 7. The Labute approximate surface area is 180 Å². The van der Waals surface area contributed by atoms with Crippen LogP contribution in [0.3, 0.4) is 0 Å². The molecule has 0 aromatic carbocycles. The molecule has 2 fully saturated rings. The van der Waals surface area contributed by atoms with Gasteiger partial charge in [0, 0.05) is 18.9 Å². The SMILES string of the molecule is C[C@@H]1O[C@H](COC(C)(C)C)C(CC(=O)NC[C@H]2O[C@@H](C)[C@@H](O)C2OC(C)(C)C)[C@@H]1O. The average Bonchev–Trinajstić information content (AvgIpc) is 3.01. The van der Waals surface area contributed by atoms with E-state index in [0.717, 1.165) is 0 Å². The molecule has 2 aliphatic rings. The Morgan fingerprint density at radius 1 is 0.933 bits per heavy atom. The first-order valence-electron chi connectivity index (χ1n) is 10.9. The Hall–Kier alpha value is -0.770. The monoisotopic (exact) mass is 431 g/mol. The molecule has 8 nitrogen and oxygen atoms in total. The molecule has 2 saturated heterocycles. The number of nitrogens with one attached hydrogen (secondary N) is 1. The van der Waals surface area contributed by atoms with Crippen molar-refractivity contribution in [3.63, 3.8) is 0 Å². The molecular formula is C22H41NO7. The Kier molecular flexibility index (Phi) is 8.32. The minimum atomic E-state index is -0.754. The maximum Gasteiger partial charge on any atom is 0.220 e. The number of aliphatic hydroxyl groups is 2. The smallest absolute Gasteiger partial charge is 0.220 e. The minimum absolute atomic E-state index is 0.124. The fraction of sp³-hybridized carbons (Fsp3) is 0.955. The number of aliphatic hydroxyl groups excluding tert-OH is 2. The predicted octanol–water partition coefficient (Wildman–Crippen LogP) is 1.40. The predicted molar refractivity (Wildman–Crippen MR) is 112 cm³/mol. The fourth-order valence-electron chi connectivity index (χ4n) is 3.91. The van der Waals surface area contributed by atoms with E-state index in [1.54, 1.807) is 13.8 Å². The standard InChI is InChI=1S/C22H41NO7/c1-12-18(25)14(16(29-12)11-27-21(3,4)5)9-17(24)23-10-15-20(30-22(6,7)8)19(26)13(2)28-15/h12-16,18-20,25-26H,9-11H2,1-8H3,(H,23,24)/t12-,13-,14?,15+,16+,18+,19+,20?/m0/s1. The summed E-state index contributed by atoms with van der Waals surface area (Å²) in [5.74, 6) is -0.553. The van der Waals surface area contributed by atoms with Crippen molar-refractivity contribution in [3.8, 4) is 0 Å². The van der Waals surface area contributed by atoms with E-state index >= 15 is 0 Å². The van der Waals surface area contributed by atoms with Crippen molar-refractivity contribution in [2.75, 3.05) is 13.2 Å². The number of amides is 1. The van der Waals surface area contributed by atoms with Crippen LogP contribution in [0.2, 0.25) is 0 Å². The van der Waals surface area contributed by atoms with Gasteiger partial charge >= 0.3 is 0 Å². The molecule has 3 N–H and O–H groups in total. The van der Waals surface area contributed by atoms with Gasteiger partial charge in [-0.15, -0.1) is 0 Å². The highest BCUT2D eigenvalue weighted by molar-refractivity contribution is 5.76. The van der Waals surface area contributed by atoms with Crippen molar-refractivity contribution in [1.29, 1.82) is 0 Å². The molecule has 2 unspecified atom stereocenters. The number of carbonyl (C=O) groups excluding carboxylic acids is 1. The first-order chi connectivity index (χ1) is 13.7. The van der Waals surface area contributed by atoms with Crippen LogP contribution in [0.25, 0.3) is 0 Å². The summed E-state index contributed by atoms with van der Waals surface area (Å²) in [4.78, 5) is 12.6. The lowest BCUT2D eigenvalue weighted by atomic mass is 9.92. The van der Waals surface area contributed by atoms with Crippen LogP contribution in [-0.4, -0.2) is 83.2 Å². The van der Waals surface area contributed by atoms with Crippen LogP contribution in [0, 0.1) is 5.92 Å². The van der Waals surface area contributed by atoms with E-state index in [0.29, 0.717) is 6.61 Å². The molecule has 2 rings (SSSR count). The number of ether oxygens (including phenoxy) is 4. The van der Waals surface area contributed by atoms with Crippen molar-refractivity contribution < 1.29 is 34.0 Å². The quantitative estimate of drug-likeness (QED) is 0.559. The van der Waals surface area contributed by atoms with Crippen LogP contribution in [0.4, 0.5) is 0 Å². The summed E-state index contributed by atoms with van der Waals surface area (Å²) in [7, 11) is 0. The van der Waals surface area contributed by atoms with Gasteiger partial charge in [0.1, 0.15) is 18.3 Å². The largest absolute Gasteiger partial charge is 0.390 e. The first-order valence-corrected chi connectivity index (χ1v) is 10.9. The fourth-order valence-corrected chi connectivity index (χ4v) is 3.91. The normalized spacial score (nSPS) is 37.5. The molecule has 0 spiro atoms. The summed E-state index contributed by atoms with van der Waals surface area (Å²) in [5, 5.41) is 23.7. The zero-order valence-electron chi connectivity index (χ0n) is 19.7. The summed E-state index contributed by atoms with van der Waals surface area (Å²) in [6.07, 6.45) is -3.39. The summed E-state index contributed by atoms with van der Waals surface area (Å²) in [6, 6.07) is 0. The van der Waals surface area contributed by atoms with Gasteiger partial charge in [-0.05, 0) is 55.4 Å². The third-order valence-corrected chi connectivity index (χ3v) is 5.45. The topological polar surface area (TPSA) is 106 Å². The molecule has 30 heavy (non-hydrogen) atoms. The van der Waals surface area contributed by atoms with Gasteiger partial charge in [-0.25, -0.2) is 0 Å². The molecule has 176 valence electrons. The number of carbonyl (C=O) groups is 1. The molecule has 0 aromatic heterocycles. The Balaban J connectivity index is 1.91. The van der Waals surface area contributed by atoms with Crippen LogP contribution in [0.1, 0.15) is 61.8 Å². The van der Waals surface area contributed by atoms with E-state index in [1.807, 2.05) is 41.5 Å². The summed E-state index contributed by atoms with van der Waals surface area (Å²) < 4.78 is 23.4. The first kappa shape index (κ1) is 25.5. The summed E-state index contributed by atoms with van der Waals surface area (Å²) in [5.41, 5.74) is -0.768. The van der Waals surface area contributed by atoms with Crippen LogP contribution in [0.5, 0.6) is 0 Å². The van der Waals surface area contributed by atoms with E-state index in [4.69, 9.17) is 18.9 Å². The maximum atomic E-state index is 12.6. The molecule has 2 aliphatic heterocycles. The molecule has 0 saturated carbocycles. The van der Waals surface area contributed by atoms with E-state index in [2.05, 4.69) is 5.32 Å². The second kappa shape index (κ2) is 9.79. The lowest BCUT2D eigenvalue weighted by Gasteiger charge is -2.29. The van der Waals surface area contributed by atoms with Gasteiger partial charge in [0.05, 0.1) is 42.2 Å². The molecule has 0 aromatic rings. The highest BCUT2D eigenvalue weighted by Crippen LogP contribution is 2.31. The van der Waals surface area contributed by atoms with Gasteiger partial charge in [0.25, 0.3) is 0 Å². The van der Waals surface area contributed by atoms with Gasteiger partial charge in [-0.1, -0.05) is 0 Å². The van der Waals surface area contributed by atoms with Gasteiger partial charge in [0.2, 0.25) is 5.91 Å². The summed E-state index contributed by atoms with van der Waals surface area (Å²) >= 11 is 0. The lowest BCUT2D eigenvalue weighted by Crippen LogP contribution is -2.45. The molecule has 8 atom stereocenters. The average molecular weight is 432 g/mol. The van der Waals surface area contributed by atoms with E-state index < -0.39 is 30.0 Å². The van der Waals surface area contributed by atoms with E-state index in [-0.39, 0.29) is 48.7 Å². The van der Waals surface area contributed by atoms with Crippen molar-refractivity contribution in [2.24, 2.45) is 5.92 Å². The maximum absolute atomic E-state index is 12.6.